The summed E-state index contributed by atoms with van der Waals surface area (Å²) in [5.41, 5.74) is 0. The Morgan fingerprint density at radius 3 is 2.71 bits per heavy atom. The van der Waals surface area contributed by atoms with Crippen molar-refractivity contribution in [2.75, 3.05) is 18.6 Å². The lowest BCUT2D eigenvalue weighted by Crippen LogP contribution is -2.34. The average molecular weight is 330 g/mol. The van der Waals surface area contributed by atoms with E-state index in [1.807, 2.05) is 11.9 Å². The lowest BCUT2D eigenvalue weighted by Gasteiger charge is -2.17. The molecule has 3 aliphatic rings. The molecule has 5 nitrogen and oxygen atoms in total. The van der Waals surface area contributed by atoms with Crippen LogP contribution >= 0.6 is 11.8 Å². The van der Waals surface area contributed by atoms with Crippen LogP contribution in [-0.2, 0) is 14.6 Å². The molecule has 3 fully saturated rings. The molecule has 0 unspecified atom stereocenters. The molecule has 2 heterocycles. The Kier molecular flexibility index (Phi) is 4.32. The Morgan fingerprint density at radius 1 is 1.33 bits per heavy atom. The first-order valence-electron chi connectivity index (χ1n) is 7.66. The Bertz CT molecular complexity index is 553. The highest BCUT2D eigenvalue weighted by Crippen LogP contribution is 2.37. The number of carbonyl (C=O) groups excluding carboxylic acids is 1. The minimum Gasteiger partial charge on any atom is -0.349 e. The summed E-state index contributed by atoms with van der Waals surface area (Å²) >= 11 is 1.45. The van der Waals surface area contributed by atoms with Crippen molar-refractivity contribution in [3.8, 4) is 0 Å². The van der Waals surface area contributed by atoms with Crippen LogP contribution in [0.1, 0.15) is 38.5 Å². The molecule has 1 aliphatic carbocycles. The zero-order valence-corrected chi connectivity index (χ0v) is 14.0. The van der Waals surface area contributed by atoms with Gasteiger partial charge >= 0.3 is 0 Å². The number of thioether (sulfide) groups is 1. The van der Waals surface area contributed by atoms with Gasteiger partial charge in [-0.15, -0.1) is 0 Å². The summed E-state index contributed by atoms with van der Waals surface area (Å²) in [7, 11) is -1.07. The van der Waals surface area contributed by atoms with Crippen LogP contribution in [0.4, 0.5) is 0 Å². The Labute approximate surface area is 130 Å². The van der Waals surface area contributed by atoms with E-state index in [-0.39, 0.29) is 28.7 Å². The quantitative estimate of drug-likeness (QED) is 0.788. The van der Waals surface area contributed by atoms with Crippen molar-refractivity contribution < 1.29 is 13.2 Å². The second-order valence-corrected chi connectivity index (χ2v) is 9.75. The normalized spacial score (nSPS) is 33.8. The van der Waals surface area contributed by atoms with Gasteiger partial charge in [0, 0.05) is 18.7 Å². The maximum Gasteiger partial charge on any atom is 0.248 e. The number of fused-ring (bicyclic) bond motifs is 1. The lowest BCUT2D eigenvalue weighted by atomic mass is 10.0. The van der Waals surface area contributed by atoms with Crippen LogP contribution in [-0.4, -0.2) is 54.2 Å². The van der Waals surface area contributed by atoms with Gasteiger partial charge in [0.15, 0.2) is 15.0 Å². The van der Waals surface area contributed by atoms with Crippen LogP contribution < -0.4 is 0 Å². The highest BCUT2D eigenvalue weighted by molar-refractivity contribution is 8.15. The van der Waals surface area contributed by atoms with E-state index in [1.54, 1.807) is 0 Å². The molecular formula is C14H22N2O3S2. The molecule has 1 saturated carbocycles. The monoisotopic (exact) mass is 330 g/mol. The molecule has 0 radical (unpaired) electrons. The summed E-state index contributed by atoms with van der Waals surface area (Å²) in [6.45, 7) is 0. The van der Waals surface area contributed by atoms with E-state index in [0.29, 0.717) is 17.5 Å². The number of hydrogen-bond donors (Lipinski definition) is 0. The van der Waals surface area contributed by atoms with E-state index >= 15 is 0 Å². The highest BCUT2D eigenvalue weighted by Gasteiger charge is 2.47. The van der Waals surface area contributed by atoms with E-state index in [1.165, 1.54) is 37.4 Å². The number of aliphatic imine (C=N–C) groups is 1. The van der Waals surface area contributed by atoms with Crippen LogP contribution in [0.2, 0.25) is 0 Å². The van der Waals surface area contributed by atoms with Crippen LogP contribution in [0.15, 0.2) is 4.99 Å². The van der Waals surface area contributed by atoms with Gasteiger partial charge in [-0.2, -0.15) is 4.99 Å². The van der Waals surface area contributed by atoms with Gasteiger partial charge in [0.25, 0.3) is 0 Å². The topological polar surface area (TPSA) is 66.8 Å². The molecular weight excluding hydrogens is 308 g/mol. The van der Waals surface area contributed by atoms with Gasteiger partial charge in [0.05, 0.1) is 17.5 Å². The SMILES string of the molecule is CN1C(=NC(=O)CCC2CCCC2)S[C@H]2CS(=O)(=O)C[C@H]21. The molecule has 0 aromatic carbocycles. The van der Waals surface area contributed by atoms with E-state index in [9.17, 15) is 13.2 Å². The van der Waals surface area contributed by atoms with Crippen molar-refractivity contribution in [2.45, 2.75) is 49.8 Å². The van der Waals surface area contributed by atoms with Gasteiger partial charge in [-0.05, 0) is 12.3 Å². The van der Waals surface area contributed by atoms with Crippen LogP contribution in [0.25, 0.3) is 0 Å². The number of carbonyl (C=O) groups is 1. The smallest absolute Gasteiger partial charge is 0.248 e. The first kappa shape index (κ1) is 15.3. The molecule has 0 aromatic heterocycles. The standard InChI is InChI=1S/C14H22N2O3S2/c1-16-11-8-21(18,19)9-12(11)20-14(16)15-13(17)7-6-10-4-2-3-5-10/h10-12H,2-9H2,1H3/t11-,12+/m1/s1. The summed E-state index contributed by atoms with van der Waals surface area (Å²) in [5, 5.41) is 0.748. The predicted octanol–water partition coefficient (Wildman–Crippen LogP) is 1.68. The number of amides is 1. The number of sulfone groups is 1. The maximum atomic E-state index is 12.0. The number of hydrogen-bond acceptors (Lipinski definition) is 4. The van der Waals surface area contributed by atoms with Gasteiger partial charge in [-0.1, -0.05) is 37.4 Å². The van der Waals surface area contributed by atoms with E-state index < -0.39 is 9.84 Å². The summed E-state index contributed by atoms with van der Waals surface area (Å²) in [6.07, 6.45) is 6.57. The highest BCUT2D eigenvalue weighted by atomic mass is 32.2. The minimum absolute atomic E-state index is 0.0126. The molecule has 7 heteroatoms. The van der Waals surface area contributed by atoms with Gasteiger partial charge in [0.1, 0.15) is 0 Å². The maximum absolute atomic E-state index is 12.0. The fraction of sp³-hybridized carbons (Fsp3) is 0.857. The Morgan fingerprint density at radius 2 is 2.05 bits per heavy atom. The van der Waals surface area contributed by atoms with E-state index in [4.69, 9.17) is 0 Å². The Hall–Kier alpha value is -0.560. The average Bonchev–Trinajstić information content (AvgIpc) is 3.07. The van der Waals surface area contributed by atoms with Crippen molar-refractivity contribution in [1.82, 2.24) is 4.90 Å². The fourth-order valence-electron chi connectivity index (χ4n) is 3.53. The number of rotatable bonds is 3. The third-order valence-corrected chi connectivity index (χ3v) is 8.09. The van der Waals surface area contributed by atoms with Gasteiger partial charge in [-0.3, -0.25) is 4.79 Å². The lowest BCUT2D eigenvalue weighted by molar-refractivity contribution is -0.118. The molecule has 0 spiro atoms. The van der Waals surface area contributed by atoms with E-state index in [2.05, 4.69) is 4.99 Å². The molecule has 2 aliphatic heterocycles. The summed E-state index contributed by atoms with van der Waals surface area (Å²) in [5.74, 6) is 1.05. The number of amidine groups is 1. The van der Waals surface area contributed by atoms with Crippen LogP contribution in [0.5, 0.6) is 0 Å². The molecule has 3 rings (SSSR count). The molecule has 21 heavy (non-hydrogen) atoms. The molecule has 0 aromatic rings. The fourth-order valence-corrected chi connectivity index (χ4v) is 7.54. The zero-order valence-electron chi connectivity index (χ0n) is 12.3. The van der Waals surface area contributed by atoms with Crippen LogP contribution in [0.3, 0.4) is 0 Å². The van der Waals surface area contributed by atoms with Crippen molar-refractivity contribution in [2.24, 2.45) is 10.9 Å². The molecule has 1 amide bonds. The van der Waals surface area contributed by atoms with Crippen LogP contribution in [0, 0.1) is 5.92 Å². The van der Waals surface area contributed by atoms with Crippen molar-refractivity contribution >= 4 is 32.7 Å². The van der Waals surface area contributed by atoms with E-state index in [0.717, 1.165) is 6.42 Å². The number of nitrogens with zero attached hydrogens (tertiary/aromatic N) is 2. The minimum atomic E-state index is -2.91. The van der Waals surface area contributed by atoms with Crippen molar-refractivity contribution in [3.63, 3.8) is 0 Å². The second kappa shape index (κ2) is 5.91. The molecule has 0 N–H and O–H groups in total. The first-order chi connectivity index (χ1) is 9.94. The third-order valence-electron chi connectivity index (χ3n) is 4.79. The molecule has 0 bridgehead atoms. The van der Waals surface area contributed by atoms with Crippen molar-refractivity contribution in [3.05, 3.63) is 0 Å². The van der Waals surface area contributed by atoms with Gasteiger partial charge in [0.2, 0.25) is 5.91 Å². The first-order valence-corrected chi connectivity index (χ1v) is 10.4. The second-order valence-electron chi connectivity index (χ2n) is 6.39. The largest absolute Gasteiger partial charge is 0.349 e. The zero-order chi connectivity index (χ0) is 15.0. The molecule has 2 atom stereocenters. The third kappa shape index (κ3) is 3.44. The summed E-state index contributed by atoms with van der Waals surface area (Å²) in [4.78, 5) is 18.1. The van der Waals surface area contributed by atoms with Gasteiger partial charge < -0.3 is 4.90 Å². The van der Waals surface area contributed by atoms with Crippen molar-refractivity contribution in [1.29, 1.82) is 0 Å². The predicted molar refractivity (Wildman–Crippen MR) is 85.2 cm³/mol. The Balaban J connectivity index is 1.56. The molecule has 118 valence electrons. The summed E-state index contributed by atoms with van der Waals surface area (Å²) in [6, 6.07) is -0.0126. The van der Waals surface area contributed by atoms with Gasteiger partial charge in [-0.25, -0.2) is 8.42 Å². The molecule has 2 saturated heterocycles. The summed E-state index contributed by atoms with van der Waals surface area (Å²) < 4.78 is 23.2.